The van der Waals surface area contributed by atoms with E-state index >= 15 is 0 Å². The molecule has 3 rings (SSSR count). The number of nitrogens with one attached hydrogen (secondary N) is 2. The second-order valence-corrected chi connectivity index (χ2v) is 6.70. The zero-order valence-electron chi connectivity index (χ0n) is 18.7. The van der Waals surface area contributed by atoms with Gasteiger partial charge in [-0.25, -0.2) is 10.4 Å². The van der Waals surface area contributed by atoms with Gasteiger partial charge in [0.15, 0.2) is 23.0 Å². The predicted molar refractivity (Wildman–Crippen MR) is 128 cm³/mol. The van der Waals surface area contributed by atoms with Crippen LogP contribution in [-0.4, -0.2) is 53.2 Å². The minimum absolute atomic E-state index is 0.654. The summed E-state index contributed by atoms with van der Waals surface area (Å²) in [6.07, 6.45) is 7.71. The van der Waals surface area contributed by atoms with E-state index in [1.165, 1.54) is 0 Å². The van der Waals surface area contributed by atoms with Crippen LogP contribution >= 0.6 is 0 Å². The van der Waals surface area contributed by atoms with E-state index in [2.05, 4.69) is 20.8 Å². The molecule has 8 heteroatoms. The van der Waals surface area contributed by atoms with E-state index in [1.54, 1.807) is 28.4 Å². The van der Waals surface area contributed by atoms with Crippen LogP contribution < -0.4 is 29.7 Å². The number of nitrogens with zero attached hydrogens (tertiary/aromatic N) is 2. The van der Waals surface area contributed by atoms with Gasteiger partial charge >= 0.3 is 0 Å². The summed E-state index contributed by atoms with van der Waals surface area (Å²) in [6, 6.07) is 11.4. The minimum atomic E-state index is 0.654. The quantitative estimate of drug-likeness (QED) is 0.463. The van der Waals surface area contributed by atoms with Gasteiger partial charge in [0, 0.05) is 6.54 Å². The summed E-state index contributed by atoms with van der Waals surface area (Å²) in [5, 5.41) is 7.61. The van der Waals surface area contributed by atoms with Crippen LogP contribution in [0.2, 0.25) is 0 Å². The van der Waals surface area contributed by atoms with E-state index in [0.717, 1.165) is 24.2 Å². The summed E-state index contributed by atoms with van der Waals surface area (Å²) in [7, 11) is 6.46. The summed E-state index contributed by atoms with van der Waals surface area (Å²) in [4.78, 5) is 4.31. The number of ether oxygens (including phenoxy) is 4. The van der Waals surface area contributed by atoms with Crippen LogP contribution in [0.1, 0.15) is 11.1 Å². The Hall–Kier alpha value is -3.94. The first-order valence-corrected chi connectivity index (χ1v) is 10.1. The Morgan fingerprint density at radius 3 is 1.81 bits per heavy atom. The zero-order valence-corrected chi connectivity index (χ0v) is 18.7. The van der Waals surface area contributed by atoms with E-state index in [0.29, 0.717) is 34.7 Å². The summed E-state index contributed by atoms with van der Waals surface area (Å²) < 4.78 is 21.4. The molecule has 0 amide bonds. The van der Waals surface area contributed by atoms with E-state index in [4.69, 9.17) is 18.9 Å². The first-order chi connectivity index (χ1) is 15.7. The third-order valence-electron chi connectivity index (χ3n) is 4.67. The van der Waals surface area contributed by atoms with E-state index in [-0.39, 0.29) is 0 Å². The standard InChI is InChI=1S/C24H28N4O4/c1-29-20-11-7-17(15-22(20)31-3)5-9-19(27-28-24-25-13-14-26-24)10-6-18-8-12-21(30-2)23(16-18)32-4/h5-12,15-16H,13-14H2,1-4H3,(H2,25,26,28)/b9-5+,10-6+. The van der Waals surface area contributed by atoms with E-state index in [9.17, 15) is 0 Å². The third-order valence-corrected chi connectivity index (χ3v) is 4.67. The molecule has 1 aliphatic heterocycles. The van der Waals surface area contributed by atoms with Crippen molar-refractivity contribution in [3.05, 3.63) is 59.7 Å². The van der Waals surface area contributed by atoms with Gasteiger partial charge in [0.25, 0.3) is 0 Å². The minimum Gasteiger partial charge on any atom is -0.493 e. The average molecular weight is 437 g/mol. The molecule has 168 valence electrons. The van der Waals surface area contributed by atoms with E-state index in [1.807, 2.05) is 60.7 Å². The lowest BCUT2D eigenvalue weighted by Gasteiger charge is -2.08. The smallest absolute Gasteiger partial charge is 0.212 e. The number of guanidine groups is 1. The van der Waals surface area contributed by atoms with Crippen molar-refractivity contribution in [2.75, 3.05) is 41.5 Å². The topological polar surface area (TPSA) is 85.7 Å². The van der Waals surface area contributed by atoms with Gasteiger partial charge in [0.1, 0.15) is 0 Å². The van der Waals surface area contributed by atoms with Gasteiger partial charge in [-0.1, -0.05) is 24.3 Å². The maximum absolute atomic E-state index is 5.38. The highest BCUT2D eigenvalue weighted by atomic mass is 16.5. The fourth-order valence-electron chi connectivity index (χ4n) is 3.00. The van der Waals surface area contributed by atoms with Crippen molar-refractivity contribution in [2.24, 2.45) is 10.1 Å². The molecule has 32 heavy (non-hydrogen) atoms. The highest BCUT2D eigenvalue weighted by Crippen LogP contribution is 2.29. The van der Waals surface area contributed by atoms with Crippen LogP contribution in [0, 0.1) is 0 Å². The van der Waals surface area contributed by atoms with Crippen molar-refractivity contribution in [3.8, 4) is 23.0 Å². The monoisotopic (exact) mass is 436 g/mol. The van der Waals surface area contributed by atoms with Gasteiger partial charge in [0.05, 0.1) is 40.7 Å². The largest absolute Gasteiger partial charge is 0.493 e. The molecule has 0 bridgehead atoms. The van der Waals surface area contributed by atoms with Gasteiger partial charge < -0.3 is 24.3 Å². The maximum atomic E-state index is 5.38. The van der Waals surface area contributed by atoms with Gasteiger partial charge in [-0.05, 0) is 47.5 Å². The molecule has 0 aliphatic carbocycles. The van der Waals surface area contributed by atoms with Crippen molar-refractivity contribution in [2.45, 2.75) is 0 Å². The number of aliphatic imine (C=N–C) groups is 1. The molecule has 8 nitrogen and oxygen atoms in total. The van der Waals surface area contributed by atoms with Crippen molar-refractivity contribution in [1.29, 1.82) is 0 Å². The van der Waals surface area contributed by atoms with Crippen LogP contribution in [0.5, 0.6) is 23.0 Å². The lowest BCUT2D eigenvalue weighted by molar-refractivity contribution is 0.355. The molecular formula is C24H28N4O4. The van der Waals surface area contributed by atoms with Gasteiger partial charge in [-0.15, -0.1) is 0 Å². The van der Waals surface area contributed by atoms with Crippen LogP contribution in [0.3, 0.4) is 0 Å². The molecule has 0 unspecified atom stereocenters. The molecule has 2 aromatic rings. The molecule has 0 saturated heterocycles. The Morgan fingerprint density at radius 2 is 1.38 bits per heavy atom. The average Bonchev–Trinajstić information content (AvgIpc) is 3.36. The molecule has 1 aliphatic rings. The number of hydrogen-bond donors (Lipinski definition) is 2. The number of allylic oxidation sites excluding steroid dienone is 2. The number of benzene rings is 2. The van der Waals surface area contributed by atoms with Gasteiger partial charge in [-0.3, -0.25) is 0 Å². The fourth-order valence-corrected chi connectivity index (χ4v) is 3.00. The SMILES string of the molecule is COc1ccc(/C=C/C(/C=C/c2ccc(OC)c(OC)c2)=NNC2=NCCN2)cc1OC. The highest BCUT2D eigenvalue weighted by Gasteiger charge is 2.05. The Bertz CT molecular complexity index is 977. The number of rotatable bonds is 9. The summed E-state index contributed by atoms with van der Waals surface area (Å²) >= 11 is 0. The first kappa shape index (κ1) is 22.7. The molecule has 0 saturated carbocycles. The number of hydrogen-bond acceptors (Lipinski definition) is 8. The maximum Gasteiger partial charge on any atom is 0.212 e. The molecule has 0 aromatic heterocycles. The molecule has 2 N–H and O–H groups in total. The summed E-state index contributed by atoms with van der Waals surface area (Å²) in [5.74, 6) is 3.34. The van der Waals surface area contributed by atoms with Crippen LogP contribution in [0.15, 0.2) is 58.6 Å². The van der Waals surface area contributed by atoms with E-state index < -0.39 is 0 Å². The Labute approximate surface area is 188 Å². The van der Waals surface area contributed by atoms with Crippen molar-refractivity contribution in [1.82, 2.24) is 10.7 Å². The summed E-state index contributed by atoms with van der Waals surface area (Å²) in [6.45, 7) is 1.53. The van der Waals surface area contributed by atoms with Crippen LogP contribution in [-0.2, 0) is 0 Å². The number of hydrazone groups is 1. The molecule has 0 fully saturated rings. The molecular weight excluding hydrogens is 408 g/mol. The lowest BCUT2D eigenvalue weighted by Crippen LogP contribution is -2.30. The second kappa shape index (κ2) is 11.5. The number of methoxy groups -OCH3 is 4. The normalized spacial score (nSPS) is 12.9. The first-order valence-electron chi connectivity index (χ1n) is 10.1. The highest BCUT2D eigenvalue weighted by molar-refractivity contribution is 6.09. The Morgan fingerprint density at radius 1 is 0.844 bits per heavy atom. The zero-order chi connectivity index (χ0) is 22.8. The summed E-state index contributed by atoms with van der Waals surface area (Å²) in [5.41, 5.74) is 5.57. The van der Waals surface area contributed by atoms with Crippen molar-refractivity contribution in [3.63, 3.8) is 0 Å². The second-order valence-electron chi connectivity index (χ2n) is 6.70. The molecule has 0 atom stereocenters. The van der Waals surface area contributed by atoms with Gasteiger partial charge in [-0.2, -0.15) is 5.10 Å². The molecule has 1 heterocycles. The van der Waals surface area contributed by atoms with Crippen LogP contribution in [0.25, 0.3) is 12.2 Å². The Kier molecular flexibility index (Phi) is 8.14. The Balaban J connectivity index is 1.84. The molecule has 0 radical (unpaired) electrons. The predicted octanol–water partition coefficient (Wildman–Crippen LogP) is 3.35. The van der Waals surface area contributed by atoms with Crippen molar-refractivity contribution >= 4 is 23.8 Å². The molecule has 2 aromatic carbocycles. The third kappa shape index (κ3) is 6.04. The fraction of sp³-hybridized carbons (Fsp3) is 0.250. The van der Waals surface area contributed by atoms with Crippen LogP contribution in [0.4, 0.5) is 0 Å². The van der Waals surface area contributed by atoms with Gasteiger partial charge in [0.2, 0.25) is 5.96 Å². The lowest BCUT2D eigenvalue weighted by atomic mass is 10.1. The van der Waals surface area contributed by atoms with Crippen molar-refractivity contribution < 1.29 is 18.9 Å². The molecule has 0 spiro atoms.